The zero-order valence-electron chi connectivity index (χ0n) is 4.32. The highest BCUT2D eigenvalue weighted by Gasteiger charge is 2.25. The summed E-state index contributed by atoms with van der Waals surface area (Å²) in [6, 6.07) is -0.435. The molecule has 1 rings (SSSR count). The maximum Gasteiger partial charge on any atom is 0.495 e. The Balaban J connectivity index is 2.29. The largest absolute Gasteiger partial charge is 0.500 e. The maximum atomic E-state index is 8.44. The molecule has 1 heterocycles. The fourth-order valence-electron chi connectivity index (χ4n) is 0.594. The molecule has 44 valence electrons. The van der Waals surface area contributed by atoms with E-state index in [9.17, 15) is 0 Å². The van der Waals surface area contributed by atoms with Crippen molar-refractivity contribution in [3.8, 4) is 0 Å². The van der Waals surface area contributed by atoms with Crippen molar-refractivity contribution >= 4 is 7.12 Å². The standard InChI is InChI=1S/C4H7BO3/c6-5(7)4-2-1-3-8-4/h1,3-4,6-7H,2H2/t4-/m1/s1. The lowest BCUT2D eigenvalue weighted by Gasteiger charge is -2.05. The van der Waals surface area contributed by atoms with Gasteiger partial charge in [0.05, 0.1) is 6.26 Å². The van der Waals surface area contributed by atoms with Crippen molar-refractivity contribution in [2.75, 3.05) is 0 Å². The van der Waals surface area contributed by atoms with Crippen molar-refractivity contribution in [3.05, 3.63) is 12.3 Å². The first kappa shape index (κ1) is 5.66. The summed E-state index contributed by atoms with van der Waals surface area (Å²) in [4.78, 5) is 0. The molecule has 0 saturated carbocycles. The smallest absolute Gasteiger partial charge is 0.495 e. The van der Waals surface area contributed by atoms with Crippen molar-refractivity contribution in [2.45, 2.75) is 12.4 Å². The van der Waals surface area contributed by atoms with Gasteiger partial charge in [-0.25, -0.2) is 0 Å². The minimum absolute atomic E-state index is 0.435. The van der Waals surface area contributed by atoms with Crippen LogP contribution in [-0.4, -0.2) is 23.2 Å². The summed E-state index contributed by atoms with van der Waals surface area (Å²) in [5.74, 6) is 0. The van der Waals surface area contributed by atoms with Gasteiger partial charge >= 0.3 is 7.12 Å². The average molecular weight is 114 g/mol. The first-order valence-corrected chi connectivity index (χ1v) is 2.47. The van der Waals surface area contributed by atoms with Crippen molar-refractivity contribution in [1.29, 1.82) is 0 Å². The number of hydrogen-bond donors (Lipinski definition) is 2. The zero-order valence-corrected chi connectivity index (χ0v) is 4.32. The minimum atomic E-state index is -1.34. The Morgan fingerprint density at radius 2 is 2.38 bits per heavy atom. The molecule has 8 heavy (non-hydrogen) atoms. The molecular weight excluding hydrogens is 107 g/mol. The summed E-state index contributed by atoms with van der Waals surface area (Å²) in [6.45, 7) is 0. The molecule has 0 bridgehead atoms. The second-order valence-electron chi connectivity index (χ2n) is 1.70. The lowest BCUT2D eigenvalue weighted by molar-refractivity contribution is 0.192. The highest BCUT2D eigenvalue weighted by atomic mass is 16.5. The van der Waals surface area contributed by atoms with Gasteiger partial charge in [0.15, 0.2) is 0 Å². The van der Waals surface area contributed by atoms with Gasteiger partial charge in [-0.1, -0.05) is 0 Å². The third-order valence-electron chi connectivity index (χ3n) is 1.05. The first-order valence-electron chi connectivity index (χ1n) is 2.47. The average Bonchev–Trinajstić information content (AvgIpc) is 2.12. The van der Waals surface area contributed by atoms with E-state index >= 15 is 0 Å². The quantitative estimate of drug-likeness (QED) is 0.443. The maximum absolute atomic E-state index is 8.44. The van der Waals surface area contributed by atoms with E-state index in [0.29, 0.717) is 6.42 Å². The molecule has 4 heteroatoms. The molecule has 0 spiro atoms. The van der Waals surface area contributed by atoms with E-state index in [1.807, 2.05) is 0 Å². The Bertz CT molecular complexity index is 93.5. The Morgan fingerprint density at radius 1 is 1.62 bits per heavy atom. The van der Waals surface area contributed by atoms with E-state index in [2.05, 4.69) is 0 Å². The first-order chi connectivity index (χ1) is 3.80. The van der Waals surface area contributed by atoms with Crippen LogP contribution in [0.3, 0.4) is 0 Å². The Morgan fingerprint density at radius 3 is 2.62 bits per heavy atom. The summed E-state index contributed by atoms with van der Waals surface area (Å²) >= 11 is 0. The minimum Gasteiger partial charge on any atom is -0.500 e. The van der Waals surface area contributed by atoms with E-state index in [1.165, 1.54) is 6.26 Å². The molecule has 0 aliphatic carbocycles. The summed E-state index contributed by atoms with van der Waals surface area (Å²) in [7, 11) is -1.34. The lowest BCUT2D eigenvalue weighted by Crippen LogP contribution is -2.29. The van der Waals surface area contributed by atoms with Crippen molar-refractivity contribution in [3.63, 3.8) is 0 Å². The number of rotatable bonds is 1. The van der Waals surface area contributed by atoms with Crippen molar-refractivity contribution in [1.82, 2.24) is 0 Å². The molecular formula is C4H7BO3. The Kier molecular flexibility index (Phi) is 1.55. The third-order valence-corrected chi connectivity index (χ3v) is 1.05. The molecule has 1 aliphatic rings. The fraction of sp³-hybridized carbons (Fsp3) is 0.500. The predicted molar refractivity (Wildman–Crippen MR) is 28.8 cm³/mol. The van der Waals surface area contributed by atoms with E-state index in [0.717, 1.165) is 0 Å². The van der Waals surface area contributed by atoms with Gasteiger partial charge in [-0.3, -0.25) is 0 Å². The van der Waals surface area contributed by atoms with Crippen LogP contribution < -0.4 is 0 Å². The van der Waals surface area contributed by atoms with Gasteiger partial charge in [-0.05, 0) is 6.08 Å². The number of ether oxygens (including phenoxy) is 1. The fourth-order valence-corrected chi connectivity index (χ4v) is 0.594. The molecule has 0 unspecified atom stereocenters. The van der Waals surface area contributed by atoms with Gasteiger partial charge in [-0.15, -0.1) is 0 Å². The monoisotopic (exact) mass is 114 g/mol. The van der Waals surface area contributed by atoms with Gasteiger partial charge in [0.25, 0.3) is 0 Å². The molecule has 2 N–H and O–H groups in total. The number of hydrogen-bond acceptors (Lipinski definition) is 3. The third kappa shape index (κ3) is 1.02. The van der Waals surface area contributed by atoms with Gasteiger partial charge in [-0.2, -0.15) is 0 Å². The van der Waals surface area contributed by atoms with Crippen LogP contribution in [0.2, 0.25) is 0 Å². The van der Waals surface area contributed by atoms with Crippen LogP contribution in [-0.2, 0) is 4.74 Å². The van der Waals surface area contributed by atoms with Gasteiger partial charge in [0.1, 0.15) is 6.00 Å². The molecule has 1 atom stereocenters. The molecule has 0 amide bonds. The Hall–Kier alpha value is -0.475. The van der Waals surface area contributed by atoms with Crippen LogP contribution >= 0.6 is 0 Å². The van der Waals surface area contributed by atoms with Crippen LogP contribution in [0.15, 0.2) is 12.3 Å². The van der Waals surface area contributed by atoms with Crippen LogP contribution in [0.1, 0.15) is 6.42 Å². The molecule has 0 radical (unpaired) electrons. The molecule has 3 nitrogen and oxygen atoms in total. The Labute approximate surface area is 47.7 Å². The van der Waals surface area contributed by atoms with Crippen LogP contribution in [0, 0.1) is 0 Å². The highest BCUT2D eigenvalue weighted by molar-refractivity contribution is 6.42. The summed E-state index contributed by atoms with van der Waals surface area (Å²) in [5.41, 5.74) is 0. The van der Waals surface area contributed by atoms with E-state index in [1.54, 1.807) is 6.08 Å². The van der Waals surface area contributed by atoms with E-state index < -0.39 is 13.1 Å². The van der Waals surface area contributed by atoms with Crippen molar-refractivity contribution in [2.24, 2.45) is 0 Å². The van der Waals surface area contributed by atoms with E-state index in [-0.39, 0.29) is 0 Å². The second-order valence-corrected chi connectivity index (χ2v) is 1.70. The summed E-state index contributed by atoms with van der Waals surface area (Å²) < 4.78 is 4.73. The van der Waals surface area contributed by atoms with Crippen LogP contribution in [0.25, 0.3) is 0 Å². The summed E-state index contributed by atoms with van der Waals surface area (Å²) in [6.07, 6.45) is 3.83. The predicted octanol–water partition coefficient (Wildman–Crippen LogP) is -0.699. The van der Waals surface area contributed by atoms with Gasteiger partial charge < -0.3 is 14.8 Å². The second kappa shape index (κ2) is 2.20. The van der Waals surface area contributed by atoms with E-state index in [4.69, 9.17) is 14.8 Å². The highest BCUT2D eigenvalue weighted by Crippen LogP contribution is 2.08. The molecule has 0 aromatic heterocycles. The van der Waals surface area contributed by atoms with Crippen LogP contribution in [0.4, 0.5) is 0 Å². The molecule has 0 saturated heterocycles. The van der Waals surface area contributed by atoms with Gasteiger partial charge in [0, 0.05) is 6.42 Å². The van der Waals surface area contributed by atoms with Gasteiger partial charge in [0.2, 0.25) is 0 Å². The molecule has 0 aromatic rings. The zero-order chi connectivity index (χ0) is 5.98. The van der Waals surface area contributed by atoms with Crippen LogP contribution in [0.5, 0.6) is 0 Å². The normalized spacial score (nSPS) is 25.5. The molecule has 1 aliphatic heterocycles. The SMILES string of the molecule is OB(O)[C@H]1CC=CO1. The lowest BCUT2D eigenvalue weighted by atomic mass is 9.81. The molecule has 0 fully saturated rings. The van der Waals surface area contributed by atoms with Crippen molar-refractivity contribution < 1.29 is 14.8 Å². The summed E-state index contributed by atoms with van der Waals surface area (Å²) in [5, 5.41) is 16.9. The molecule has 0 aromatic carbocycles. The topological polar surface area (TPSA) is 49.7 Å².